The molecule has 0 aliphatic rings. The van der Waals surface area contributed by atoms with Gasteiger partial charge in [-0.05, 0) is 140 Å². The highest BCUT2D eigenvalue weighted by molar-refractivity contribution is 6.05. The maximum Gasteiger partial charge on any atom is 0.255 e. The molecule has 0 atom stereocenters. The van der Waals surface area contributed by atoms with Crippen LogP contribution in [-0.2, 0) is 4.79 Å². The zero-order valence-corrected chi connectivity index (χ0v) is 32.7. The lowest BCUT2D eigenvalue weighted by atomic mass is 10.1. The third-order valence-corrected chi connectivity index (χ3v) is 8.35. The summed E-state index contributed by atoms with van der Waals surface area (Å²) < 4.78 is 5.70. The van der Waals surface area contributed by atoms with Crippen LogP contribution in [0, 0.1) is 20.8 Å². The van der Waals surface area contributed by atoms with Gasteiger partial charge in [0.25, 0.3) is 5.91 Å². The molecular weight excluding hydrogens is 725 g/mol. The second-order valence-electron chi connectivity index (χ2n) is 13.4. The van der Waals surface area contributed by atoms with E-state index in [9.17, 15) is 14.7 Å². The van der Waals surface area contributed by atoms with Crippen molar-refractivity contribution in [3.8, 4) is 11.5 Å². The zero-order chi connectivity index (χ0) is 41.0. The number of carbonyl (C=O) groups is 2. The van der Waals surface area contributed by atoms with Gasteiger partial charge >= 0.3 is 0 Å². The minimum absolute atomic E-state index is 0.0198. The first-order chi connectivity index (χ1) is 28.2. The highest BCUT2D eigenvalue weighted by Crippen LogP contribution is 2.15. The molecule has 0 radical (unpaired) electrons. The van der Waals surface area contributed by atoms with Crippen LogP contribution < -0.4 is 15.4 Å². The van der Waals surface area contributed by atoms with Crippen LogP contribution in [0.3, 0.4) is 0 Å². The monoisotopic (exact) mass is 770 g/mol. The first-order valence-electron chi connectivity index (χ1n) is 18.7. The predicted octanol–water partition coefficient (Wildman–Crippen LogP) is 9.96. The first kappa shape index (κ1) is 41.7. The SMILES string of the molecule is Cc1ccc(NC(=O)c2cccc(C=NN=Cc3cccc(C)c3)c2)cc1.Cc1cccc(NC(=O)CCCOc2ccc(C=NN=Cc3ccc(O)cc3)cc2)c1. The second kappa shape index (κ2) is 22.2. The number of ether oxygens (including phenoxy) is 1. The number of rotatable bonds is 14. The Morgan fingerprint density at radius 1 is 0.552 bits per heavy atom. The zero-order valence-electron chi connectivity index (χ0n) is 32.7. The summed E-state index contributed by atoms with van der Waals surface area (Å²) in [6.07, 6.45) is 7.63. The quantitative estimate of drug-likeness (QED) is 0.0577. The molecule has 3 N–H and O–H groups in total. The van der Waals surface area contributed by atoms with Crippen molar-refractivity contribution < 1.29 is 19.4 Å². The molecule has 0 aliphatic carbocycles. The molecule has 0 unspecified atom stereocenters. The molecule has 292 valence electrons. The summed E-state index contributed by atoms with van der Waals surface area (Å²) in [5, 5.41) is 31.2. The van der Waals surface area contributed by atoms with Gasteiger partial charge in [-0.15, -0.1) is 0 Å². The van der Waals surface area contributed by atoms with Gasteiger partial charge in [-0.25, -0.2) is 0 Å². The molecule has 10 nitrogen and oxygen atoms in total. The molecular formula is C48H46N6O4. The predicted molar refractivity (Wildman–Crippen MR) is 236 cm³/mol. The van der Waals surface area contributed by atoms with Gasteiger partial charge in [-0.1, -0.05) is 71.8 Å². The van der Waals surface area contributed by atoms with Gasteiger partial charge < -0.3 is 20.5 Å². The molecule has 0 saturated heterocycles. The van der Waals surface area contributed by atoms with Crippen LogP contribution in [0.25, 0.3) is 0 Å². The van der Waals surface area contributed by atoms with Crippen LogP contribution in [0.2, 0.25) is 0 Å². The van der Waals surface area contributed by atoms with Crippen molar-refractivity contribution in [3.63, 3.8) is 0 Å². The molecule has 0 spiro atoms. The second-order valence-corrected chi connectivity index (χ2v) is 13.4. The van der Waals surface area contributed by atoms with Gasteiger partial charge in [0.05, 0.1) is 31.5 Å². The van der Waals surface area contributed by atoms with Crippen molar-refractivity contribution in [2.75, 3.05) is 17.2 Å². The fraction of sp³-hybridized carbons (Fsp3) is 0.125. The molecule has 0 bridgehead atoms. The lowest BCUT2D eigenvalue weighted by Crippen LogP contribution is -2.12. The number of hydrogen-bond donors (Lipinski definition) is 3. The van der Waals surface area contributed by atoms with E-state index in [2.05, 4.69) is 31.0 Å². The van der Waals surface area contributed by atoms with Crippen molar-refractivity contribution in [2.45, 2.75) is 33.6 Å². The Morgan fingerprint density at radius 3 is 1.72 bits per heavy atom. The highest BCUT2D eigenvalue weighted by Gasteiger charge is 2.07. The van der Waals surface area contributed by atoms with Crippen LogP contribution >= 0.6 is 0 Å². The average Bonchev–Trinajstić information content (AvgIpc) is 3.22. The number of benzene rings is 6. The van der Waals surface area contributed by atoms with E-state index < -0.39 is 0 Å². The van der Waals surface area contributed by atoms with E-state index in [1.165, 1.54) is 5.56 Å². The Hall–Kier alpha value is -7.46. The number of nitrogens with one attached hydrogen (secondary N) is 2. The van der Waals surface area contributed by atoms with Crippen molar-refractivity contribution in [2.24, 2.45) is 20.4 Å². The fourth-order valence-electron chi connectivity index (χ4n) is 5.33. The fourth-order valence-corrected chi connectivity index (χ4v) is 5.33. The van der Waals surface area contributed by atoms with Crippen molar-refractivity contribution >= 4 is 48.0 Å². The van der Waals surface area contributed by atoms with Crippen molar-refractivity contribution in [1.29, 1.82) is 0 Å². The molecule has 0 saturated carbocycles. The summed E-state index contributed by atoms with van der Waals surface area (Å²) >= 11 is 0. The minimum atomic E-state index is -0.155. The van der Waals surface area contributed by atoms with Crippen LogP contribution in [0.4, 0.5) is 11.4 Å². The van der Waals surface area contributed by atoms with E-state index in [0.717, 1.165) is 50.5 Å². The van der Waals surface area contributed by atoms with Crippen LogP contribution in [0.15, 0.2) is 166 Å². The topological polar surface area (TPSA) is 137 Å². The van der Waals surface area contributed by atoms with E-state index in [1.807, 2.05) is 130 Å². The molecule has 0 fully saturated rings. The number of phenolic OH excluding ortho intramolecular Hbond substituents is 1. The summed E-state index contributed by atoms with van der Waals surface area (Å²) in [7, 11) is 0. The number of hydrogen-bond acceptors (Lipinski definition) is 8. The third kappa shape index (κ3) is 15.0. The molecule has 58 heavy (non-hydrogen) atoms. The van der Waals surface area contributed by atoms with Gasteiger partial charge in [0.2, 0.25) is 5.91 Å². The largest absolute Gasteiger partial charge is 0.508 e. The lowest BCUT2D eigenvalue weighted by Gasteiger charge is -2.08. The van der Waals surface area contributed by atoms with E-state index in [1.54, 1.807) is 61.3 Å². The maximum absolute atomic E-state index is 12.4. The minimum Gasteiger partial charge on any atom is -0.508 e. The smallest absolute Gasteiger partial charge is 0.255 e. The molecule has 0 aliphatic heterocycles. The normalized spacial score (nSPS) is 11.2. The van der Waals surface area contributed by atoms with Crippen LogP contribution in [0.5, 0.6) is 11.5 Å². The maximum atomic E-state index is 12.4. The molecule has 2 amide bonds. The molecule has 0 aromatic heterocycles. The van der Waals surface area contributed by atoms with Gasteiger partial charge in [0, 0.05) is 23.4 Å². The number of amides is 2. The number of nitrogens with zero attached hydrogens (tertiary/aromatic N) is 4. The van der Waals surface area contributed by atoms with E-state index in [-0.39, 0.29) is 17.6 Å². The Bertz CT molecular complexity index is 2370. The summed E-state index contributed by atoms with van der Waals surface area (Å²) in [4.78, 5) is 24.4. The average molecular weight is 771 g/mol. The molecule has 10 heteroatoms. The Balaban J connectivity index is 0.000000223. The van der Waals surface area contributed by atoms with Crippen molar-refractivity contribution in [1.82, 2.24) is 0 Å². The molecule has 6 aromatic rings. The Labute approximate surface area is 339 Å². The highest BCUT2D eigenvalue weighted by atomic mass is 16.5. The number of aryl methyl sites for hydroxylation is 3. The van der Waals surface area contributed by atoms with Crippen molar-refractivity contribution in [3.05, 3.63) is 190 Å². The van der Waals surface area contributed by atoms with E-state index in [4.69, 9.17) is 4.74 Å². The number of anilines is 2. The van der Waals surface area contributed by atoms with Crippen LogP contribution in [-0.4, -0.2) is 48.4 Å². The standard InChI is InChI=1S/C25H25N3O3.C23H21N3O/c1-19-4-2-5-22(16-19)28-25(30)6-3-15-31-24-13-9-21(10-14-24)18-27-26-17-20-7-11-23(29)12-8-20;1-17-9-11-22(12-10-17)26-23(27)21-8-4-7-20(14-21)16-25-24-15-19-6-3-5-18(2)13-19/h2,4-5,7-14,16-18,29H,3,6,15H2,1H3,(H,28,30);3-16H,1-2H3,(H,26,27). The van der Waals surface area contributed by atoms with E-state index in [0.29, 0.717) is 25.0 Å². The third-order valence-electron chi connectivity index (χ3n) is 8.35. The Kier molecular flexibility index (Phi) is 15.9. The molecule has 6 aromatic carbocycles. The summed E-state index contributed by atoms with van der Waals surface area (Å²) in [6.45, 7) is 6.50. The van der Waals surface area contributed by atoms with Gasteiger partial charge in [-0.2, -0.15) is 20.4 Å². The summed E-state index contributed by atoms with van der Waals surface area (Å²) in [5.74, 6) is 0.781. The number of aromatic hydroxyl groups is 1. The molecule has 6 rings (SSSR count). The lowest BCUT2D eigenvalue weighted by molar-refractivity contribution is -0.116. The summed E-state index contributed by atoms with van der Waals surface area (Å²) in [6, 6.07) is 44.9. The van der Waals surface area contributed by atoms with Crippen LogP contribution in [0.1, 0.15) is 62.1 Å². The van der Waals surface area contributed by atoms with Gasteiger partial charge in [0.1, 0.15) is 11.5 Å². The Morgan fingerprint density at radius 2 is 1.10 bits per heavy atom. The van der Waals surface area contributed by atoms with Gasteiger partial charge in [0.15, 0.2) is 0 Å². The molecule has 0 heterocycles. The summed E-state index contributed by atoms with van der Waals surface area (Å²) in [5.41, 5.74) is 9.15. The van der Waals surface area contributed by atoms with E-state index >= 15 is 0 Å². The first-order valence-corrected chi connectivity index (χ1v) is 18.7. The number of phenols is 1. The number of carbonyl (C=O) groups excluding carboxylic acids is 2. The van der Waals surface area contributed by atoms with Gasteiger partial charge in [-0.3, -0.25) is 9.59 Å².